The molecule has 0 bridgehead atoms. The third kappa shape index (κ3) is 3.11. The number of hydrogen-bond acceptors (Lipinski definition) is 4. The summed E-state index contributed by atoms with van der Waals surface area (Å²) in [6.45, 7) is 0. The fraction of sp³-hybridized carbons (Fsp3) is 0. The number of phenolic OH excluding ortho intramolecular Hbond substituents is 1. The van der Waals surface area contributed by atoms with Gasteiger partial charge in [0.1, 0.15) is 5.75 Å². The number of aromatic hydroxyl groups is 1. The van der Waals surface area contributed by atoms with Gasteiger partial charge in [0.25, 0.3) is 0 Å². The van der Waals surface area contributed by atoms with Crippen molar-refractivity contribution in [2.45, 2.75) is 0 Å². The molecule has 0 heterocycles. The first-order valence-corrected chi connectivity index (χ1v) is 3.78. The minimum Gasteiger partial charge on any atom is -0.508 e. The number of nitrogens with two attached hydrogens (primary N) is 1. The van der Waals surface area contributed by atoms with E-state index in [0.717, 1.165) is 5.56 Å². The molecule has 1 rings (SSSR count). The van der Waals surface area contributed by atoms with E-state index in [9.17, 15) is 0 Å². The normalized spacial score (nSPS) is 11.9. The highest BCUT2D eigenvalue weighted by Crippen LogP contribution is 2.07. The zero-order valence-electron chi connectivity index (χ0n) is 7.25. The van der Waals surface area contributed by atoms with Crippen LogP contribution in [0.2, 0.25) is 0 Å². The summed E-state index contributed by atoms with van der Waals surface area (Å²) >= 11 is 0. The molecule has 0 fully saturated rings. The molecule has 0 atom stereocenters. The molecule has 0 unspecified atom stereocenters. The van der Waals surface area contributed by atoms with Crippen molar-refractivity contribution in [3.8, 4) is 5.75 Å². The maximum atomic E-state index is 8.97. The zero-order valence-corrected chi connectivity index (χ0v) is 7.25. The van der Waals surface area contributed by atoms with Gasteiger partial charge in [-0.15, -0.1) is 5.10 Å². The van der Waals surface area contributed by atoms with Crippen LogP contribution in [0.1, 0.15) is 5.56 Å². The molecule has 1 aromatic rings. The van der Waals surface area contributed by atoms with Crippen molar-refractivity contribution < 1.29 is 10.3 Å². The van der Waals surface area contributed by atoms with Crippen LogP contribution in [0.5, 0.6) is 5.75 Å². The van der Waals surface area contributed by atoms with E-state index >= 15 is 0 Å². The molecule has 14 heavy (non-hydrogen) atoms. The van der Waals surface area contributed by atoms with Crippen LogP contribution in [0, 0.1) is 0 Å². The summed E-state index contributed by atoms with van der Waals surface area (Å²) in [5, 5.41) is 24.2. The molecule has 74 valence electrons. The minimum absolute atomic E-state index is 0.183. The van der Waals surface area contributed by atoms with Crippen molar-refractivity contribution in [1.82, 2.24) is 5.48 Å². The lowest BCUT2D eigenvalue weighted by atomic mass is 10.2. The molecule has 0 amide bonds. The second-order valence-electron chi connectivity index (χ2n) is 2.43. The number of guanidine groups is 1. The van der Waals surface area contributed by atoms with Gasteiger partial charge < -0.3 is 10.8 Å². The highest BCUT2D eigenvalue weighted by Gasteiger charge is 1.88. The summed E-state index contributed by atoms with van der Waals surface area (Å²) in [5.41, 5.74) is 7.49. The van der Waals surface area contributed by atoms with Crippen molar-refractivity contribution in [3.05, 3.63) is 29.8 Å². The lowest BCUT2D eigenvalue weighted by Crippen LogP contribution is -2.27. The van der Waals surface area contributed by atoms with Crippen LogP contribution in [0.3, 0.4) is 0 Å². The lowest BCUT2D eigenvalue weighted by Gasteiger charge is -1.93. The van der Waals surface area contributed by atoms with Crippen LogP contribution in [0.4, 0.5) is 0 Å². The second-order valence-corrected chi connectivity index (χ2v) is 2.43. The van der Waals surface area contributed by atoms with Crippen LogP contribution in [0.25, 0.3) is 0 Å². The number of hydroxylamine groups is 1. The fourth-order valence-corrected chi connectivity index (χ4v) is 0.740. The number of rotatable bonds is 2. The smallest absolute Gasteiger partial charge is 0.237 e. The SMILES string of the molecule is N/C(=N\N=C\c1ccc(O)cc1)NO. The first-order chi connectivity index (χ1) is 6.72. The van der Waals surface area contributed by atoms with E-state index in [1.807, 2.05) is 0 Å². The van der Waals surface area contributed by atoms with E-state index in [1.54, 1.807) is 17.6 Å². The number of phenols is 1. The Morgan fingerprint density at radius 1 is 1.36 bits per heavy atom. The van der Waals surface area contributed by atoms with E-state index in [-0.39, 0.29) is 11.7 Å². The predicted molar refractivity (Wildman–Crippen MR) is 52.2 cm³/mol. The molecule has 6 nitrogen and oxygen atoms in total. The van der Waals surface area contributed by atoms with Gasteiger partial charge in [0.15, 0.2) is 0 Å². The molecule has 0 radical (unpaired) electrons. The molecule has 0 saturated heterocycles. The molecule has 0 saturated carbocycles. The average Bonchev–Trinajstić information content (AvgIpc) is 2.21. The Kier molecular flexibility index (Phi) is 3.45. The van der Waals surface area contributed by atoms with E-state index in [2.05, 4.69) is 10.2 Å². The Morgan fingerprint density at radius 2 is 2.00 bits per heavy atom. The summed E-state index contributed by atoms with van der Waals surface area (Å²) in [4.78, 5) is 0. The Balaban J connectivity index is 2.65. The van der Waals surface area contributed by atoms with E-state index in [1.165, 1.54) is 18.3 Å². The summed E-state index contributed by atoms with van der Waals surface area (Å²) in [5.74, 6) is -0.0118. The first kappa shape index (κ1) is 10.0. The van der Waals surface area contributed by atoms with Crippen molar-refractivity contribution in [1.29, 1.82) is 0 Å². The van der Waals surface area contributed by atoms with Gasteiger partial charge in [-0.25, -0.2) is 5.48 Å². The van der Waals surface area contributed by atoms with Gasteiger partial charge in [0.2, 0.25) is 5.96 Å². The van der Waals surface area contributed by atoms with E-state index in [0.29, 0.717) is 0 Å². The average molecular weight is 194 g/mol. The van der Waals surface area contributed by atoms with Crippen LogP contribution < -0.4 is 11.2 Å². The molecule has 0 aliphatic carbocycles. The monoisotopic (exact) mass is 194 g/mol. The van der Waals surface area contributed by atoms with Crippen LogP contribution in [-0.4, -0.2) is 22.5 Å². The molecule has 0 aliphatic heterocycles. The minimum atomic E-state index is -0.194. The number of benzene rings is 1. The zero-order chi connectivity index (χ0) is 10.4. The molecular formula is C8H10N4O2. The van der Waals surface area contributed by atoms with Crippen molar-refractivity contribution >= 4 is 12.2 Å². The molecule has 5 N–H and O–H groups in total. The standard InChI is InChI=1S/C8H10N4O2/c9-8(12-14)11-10-5-6-1-3-7(13)4-2-6/h1-5,13-14H,(H3,9,11,12)/b10-5+. The van der Waals surface area contributed by atoms with Crippen molar-refractivity contribution in [3.63, 3.8) is 0 Å². The fourth-order valence-electron chi connectivity index (χ4n) is 0.740. The van der Waals surface area contributed by atoms with Gasteiger partial charge >= 0.3 is 0 Å². The second kappa shape index (κ2) is 4.83. The van der Waals surface area contributed by atoms with Gasteiger partial charge in [-0.2, -0.15) is 5.10 Å². The summed E-state index contributed by atoms with van der Waals surface area (Å²) in [7, 11) is 0. The highest BCUT2D eigenvalue weighted by atomic mass is 16.5. The quantitative estimate of drug-likeness (QED) is 0.302. The molecule has 1 aromatic carbocycles. The summed E-state index contributed by atoms with van der Waals surface area (Å²) in [6, 6.07) is 6.38. The topological polar surface area (TPSA) is 103 Å². The lowest BCUT2D eigenvalue weighted by molar-refractivity contribution is 0.232. The molecular weight excluding hydrogens is 184 g/mol. The third-order valence-corrected chi connectivity index (χ3v) is 1.38. The Labute approximate surface area is 80.4 Å². The number of nitrogens with one attached hydrogen (secondary N) is 1. The maximum absolute atomic E-state index is 8.97. The van der Waals surface area contributed by atoms with Crippen LogP contribution in [-0.2, 0) is 0 Å². The summed E-state index contributed by atoms with van der Waals surface area (Å²) in [6.07, 6.45) is 1.43. The van der Waals surface area contributed by atoms with Crippen LogP contribution >= 0.6 is 0 Å². The van der Waals surface area contributed by atoms with Crippen LogP contribution in [0.15, 0.2) is 34.5 Å². The Bertz CT molecular complexity index is 345. The van der Waals surface area contributed by atoms with Gasteiger partial charge in [-0.05, 0) is 29.8 Å². The van der Waals surface area contributed by atoms with Crippen molar-refractivity contribution in [2.24, 2.45) is 15.9 Å². The number of nitrogens with zero attached hydrogens (tertiary/aromatic N) is 2. The maximum Gasteiger partial charge on any atom is 0.237 e. The molecule has 6 heteroatoms. The van der Waals surface area contributed by atoms with Gasteiger partial charge in [0.05, 0.1) is 6.21 Å². The predicted octanol–water partition coefficient (Wildman–Crippen LogP) is 0.0196. The van der Waals surface area contributed by atoms with Crippen molar-refractivity contribution in [2.75, 3.05) is 0 Å². The Morgan fingerprint density at radius 3 is 2.57 bits per heavy atom. The molecule has 0 spiro atoms. The van der Waals surface area contributed by atoms with E-state index < -0.39 is 0 Å². The number of hydrogen-bond donors (Lipinski definition) is 4. The third-order valence-electron chi connectivity index (χ3n) is 1.38. The Hall–Kier alpha value is -2.08. The van der Waals surface area contributed by atoms with Gasteiger partial charge in [-0.3, -0.25) is 5.21 Å². The van der Waals surface area contributed by atoms with Gasteiger partial charge in [-0.1, -0.05) is 0 Å². The molecule has 0 aromatic heterocycles. The van der Waals surface area contributed by atoms with E-state index in [4.69, 9.17) is 16.0 Å². The molecule has 0 aliphatic rings. The summed E-state index contributed by atoms with van der Waals surface area (Å²) < 4.78 is 0. The highest BCUT2D eigenvalue weighted by molar-refractivity contribution is 5.81. The first-order valence-electron chi connectivity index (χ1n) is 3.78. The van der Waals surface area contributed by atoms with Gasteiger partial charge in [0, 0.05) is 0 Å². The largest absolute Gasteiger partial charge is 0.508 e.